The number of piperidine rings is 1. The van der Waals surface area contributed by atoms with Crippen molar-refractivity contribution >= 4 is 17.8 Å². The van der Waals surface area contributed by atoms with Gasteiger partial charge in [0.2, 0.25) is 5.91 Å². The molecular formula is C23H31N3O4. The number of benzene rings is 1. The van der Waals surface area contributed by atoms with Crippen molar-refractivity contribution in [3.05, 3.63) is 29.3 Å². The first-order chi connectivity index (χ1) is 14.3. The zero-order valence-electron chi connectivity index (χ0n) is 18.1. The van der Waals surface area contributed by atoms with Gasteiger partial charge in [0.15, 0.2) is 0 Å². The third kappa shape index (κ3) is 3.55. The summed E-state index contributed by atoms with van der Waals surface area (Å²) in [4.78, 5) is 41.4. The molecule has 1 aromatic rings. The Morgan fingerprint density at radius 1 is 1.13 bits per heavy atom. The quantitative estimate of drug-likeness (QED) is 0.770. The van der Waals surface area contributed by atoms with Crippen LogP contribution in [0.15, 0.2) is 18.2 Å². The van der Waals surface area contributed by atoms with Gasteiger partial charge in [-0.15, -0.1) is 0 Å². The number of rotatable bonds is 4. The third-order valence-electron chi connectivity index (χ3n) is 6.84. The summed E-state index contributed by atoms with van der Waals surface area (Å²) in [5.74, 6) is 0.523. The average molecular weight is 414 g/mol. The molecule has 0 aromatic heterocycles. The minimum atomic E-state index is -0.784. The van der Waals surface area contributed by atoms with Crippen molar-refractivity contribution in [2.75, 3.05) is 13.1 Å². The zero-order chi connectivity index (χ0) is 21.5. The molecule has 30 heavy (non-hydrogen) atoms. The minimum Gasteiger partial charge on any atom is -0.490 e. The van der Waals surface area contributed by atoms with Crippen LogP contribution in [-0.4, -0.2) is 58.4 Å². The summed E-state index contributed by atoms with van der Waals surface area (Å²) < 4.78 is 6.24. The van der Waals surface area contributed by atoms with E-state index in [-0.39, 0.29) is 17.9 Å². The first-order valence-electron chi connectivity index (χ1n) is 11.0. The van der Waals surface area contributed by atoms with Gasteiger partial charge in [-0.3, -0.25) is 9.59 Å². The molecule has 4 rings (SSSR count). The van der Waals surface area contributed by atoms with E-state index in [0.29, 0.717) is 25.9 Å². The molecule has 4 amide bonds. The predicted octanol–water partition coefficient (Wildman–Crippen LogP) is 2.93. The maximum absolute atomic E-state index is 13.1. The fourth-order valence-corrected chi connectivity index (χ4v) is 5.03. The van der Waals surface area contributed by atoms with E-state index in [0.717, 1.165) is 47.5 Å². The molecule has 1 N–H and O–H groups in total. The van der Waals surface area contributed by atoms with Crippen molar-refractivity contribution in [3.8, 4) is 5.75 Å². The Bertz CT molecular complexity index is 834. The molecule has 3 aliphatic rings. The van der Waals surface area contributed by atoms with Crippen LogP contribution in [0.2, 0.25) is 0 Å². The Morgan fingerprint density at radius 3 is 2.33 bits per heavy atom. The monoisotopic (exact) mass is 413 g/mol. The number of para-hydroxylation sites is 1. The van der Waals surface area contributed by atoms with Crippen LogP contribution in [0.4, 0.5) is 4.79 Å². The van der Waals surface area contributed by atoms with Crippen molar-refractivity contribution in [3.63, 3.8) is 0 Å². The maximum Gasteiger partial charge on any atom is 0.325 e. The second-order valence-corrected chi connectivity index (χ2v) is 8.93. The Hall–Kier alpha value is -2.57. The van der Waals surface area contributed by atoms with Gasteiger partial charge >= 0.3 is 6.03 Å². The number of carbonyl (C=O) groups excluding carboxylic acids is 3. The number of carbonyl (C=O) groups is 3. The van der Waals surface area contributed by atoms with E-state index in [2.05, 4.69) is 5.32 Å². The van der Waals surface area contributed by atoms with Crippen molar-refractivity contribution in [2.24, 2.45) is 0 Å². The van der Waals surface area contributed by atoms with E-state index >= 15 is 0 Å². The molecule has 0 bridgehead atoms. The van der Waals surface area contributed by atoms with E-state index in [1.165, 1.54) is 0 Å². The molecule has 162 valence electrons. The fraction of sp³-hybridized carbons (Fsp3) is 0.609. The number of ether oxygens (including phenoxy) is 1. The van der Waals surface area contributed by atoms with Gasteiger partial charge in [0, 0.05) is 25.9 Å². The van der Waals surface area contributed by atoms with E-state index < -0.39 is 17.6 Å². The highest BCUT2D eigenvalue weighted by Crippen LogP contribution is 2.36. The number of amides is 4. The second kappa shape index (κ2) is 7.93. The first-order valence-corrected chi connectivity index (χ1v) is 11.0. The average Bonchev–Trinajstić information content (AvgIpc) is 3.29. The van der Waals surface area contributed by atoms with Crippen molar-refractivity contribution < 1.29 is 19.1 Å². The summed E-state index contributed by atoms with van der Waals surface area (Å²) in [5.41, 5.74) is 1.45. The summed E-state index contributed by atoms with van der Waals surface area (Å²) >= 11 is 0. The number of imide groups is 1. The Morgan fingerprint density at radius 2 is 1.73 bits per heavy atom. The first kappa shape index (κ1) is 20.7. The number of nitrogens with one attached hydrogen (secondary N) is 1. The van der Waals surface area contributed by atoms with E-state index in [1.54, 1.807) is 11.8 Å². The maximum atomic E-state index is 13.1. The lowest BCUT2D eigenvalue weighted by Gasteiger charge is -2.35. The smallest absolute Gasteiger partial charge is 0.325 e. The van der Waals surface area contributed by atoms with Crippen LogP contribution in [0.1, 0.15) is 56.6 Å². The Kier molecular flexibility index (Phi) is 5.47. The molecule has 2 heterocycles. The molecule has 3 fully saturated rings. The van der Waals surface area contributed by atoms with E-state index in [1.807, 2.05) is 32.0 Å². The van der Waals surface area contributed by atoms with Crippen molar-refractivity contribution in [2.45, 2.75) is 77.0 Å². The molecule has 1 unspecified atom stereocenters. The normalized spacial score (nSPS) is 22.5. The van der Waals surface area contributed by atoms with Gasteiger partial charge in [0.05, 0.1) is 0 Å². The SMILES string of the molecule is Cc1cccc(C)c1OC1CCN(C(=O)C(C)N2C(=O)NC3(CCCC3)C2=O)CC1. The van der Waals surface area contributed by atoms with Crippen LogP contribution >= 0.6 is 0 Å². The van der Waals surface area contributed by atoms with Gasteiger partial charge in [-0.25, -0.2) is 9.69 Å². The van der Waals surface area contributed by atoms with Crippen LogP contribution in [0.3, 0.4) is 0 Å². The highest BCUT2D eigenvalue weighted by molar-refractivity contribution is 6.09. The van der Waals surface area contributed by atoms with Gasteiger partial charge in [-0.2, -0.15) is 0 Å². The molecule has 1 aliphatic carbocycles. The summed E-state index contributed by atoms with van der Waals surface area (Å²) in [7, 11) is 0. The molecule has 7 heteroatoms. The number of hydrogen-bond acceptors (Lipinski definition) is 4. The highest BCUT2D eigenvalue weighted by Gasteiger charge is 2.54. The largest absolute Gasteiger partial charge is 0.490 e. The highest BCUT2D eigenvalue weighted by atomic mass is 16.5. The van der Waals surface area contributed by atoms with Gasteiger partial charge in [-0.05, 0) is 44.7 Å². The third-order valence-corrected chi connectivity index (χ3v) is 6.84. The molecular weight excluding hydrogens is 382 g/mol. The fourth-order valence-electron chi connectivity index (χ4n) is 5.03. The van der Waals surface area contributed by atoms with Gasteiger partial charge < -0.3 is 15.0 Å². The van der Waals surface area contributed by atoms with Gasteiger partial charge in [0.1, 0.15) is 23.4 Å². The summed E-state index contributed by atoms with van der Waals surface area (Å²) in [6.07, 6.45) is 4.70. The van der Waals surface area contributed by atoms with Crippen molar-refractivity contribution in [1.82, 2.24) is 15.1 Å². The Labute approximate surface area is 177 Å². The molecule has 7 nitrogen and oxygen atoms in total. The van der Waals surface area contributed by atoms with Gasteiger partial charge in [-0.1, -0.05) is 31.0 Å². The van der Waals surface area contributed by atoms with Crippen LogP contribution in [0, 0.1) is 13.8 Å². The van der Waals surface area contributed by atoms with Crippen molar-refractivity contribution in [1.29, 1.82) is 0 Å². The standard InChI is InChI=1S/C23H31N3O4/c1-15-7-6-8-16(2)19(15)30-18-9-13-25(14-10-18)20(27)17(3)26-21(28)23(24-22(26)29)11-4-5-12-23/h6-8,17-18H,4-5,9-14H2,1-3H3,(H,24,29). The molecule has 2 saturated heterocycles. The lowest BCUT2D eigenvalue weighted by molar-refractivity contribution is -0.144. The van der Waals surface area contributed by atoms with Crippen LogP contribution < -0.4 is 10.1 Å². The lowest BCUT2D eigenvalue weighted by atomic mass is 9.97. The predicted molar refractivity (Wildman–Crippen MR) is 112 cm³/mol. The summed E-state index contributed by atoms with van der Waals surface area (Å²) in [6.45, 7) is 6.87. The molecule has 1 saturated carbocycles. The van der Waals surface area contributed by atoms with Crippen LogP contribution in [-0.2, 0) is 9.59 Å². The Balaban J connectivity index is 1.36. The number of likely N-dealkylation sites (tertiary alicyclic amines) is 1. The molecule has 2 aliphatic heterocycles. The van der Waals surface area contributed by atoms with Gasteiger partial charge in [0.25, 0.3) is 5.91 Å². The molecule has 1 aromatic carbocycles. The van der Waals surface area contributed by atoms with E-state index in [9.17, 15) is 14.4 Å². The topological polar surface area (TPSA) is 79.0 Å². The number of urea groups is 1. The molecule has 1 atom stereocenters. The summed E-state index contributed by atoms with van der Waals surface area (Å²) in [5, 5.41) is 2.86. The van der Waals surface area contributed by atoms with Crippen LogP contribution in [0.5, 0.6) is 5.75 Å². The summed E-state index contributed by atoms with van der Waals surface area (Å²) in [6, 6.07) is 4.88. The minimum absolute atomic E-state index is 0.0580. The van der Waals surface area contributed by atoms with Crippen LogP contribution in [0.25, 0.3) is 0 Å². The number of nitrogens with zero attached hydrogens (tertiary/aromatic N) is 2. The second-order valence-electron chi connectivity index (χ2n) is 8.93. The number of hydrogen-bond donors (Lipinski definition) is 1. The zero-order valence-corrected chi connectivity index (χ0v) is 18.1. The van der Waals surface area contributed by atoms with E-state index in [4.69, 9.17) is 4.74 Å². The number of aryl methyl sites for hydroxylation is 2. The molecule has 1 spiro atoms. The molecule has 0 radical (unpaired) electrons. The lowest BCUT2D eigenvalue weighted by Crippen LogP contribution is -2.53.